The van der Waals surface area contributed by atoms with Gasteiger partial charge >= 0.3 is 5.97 Å². The molecule has 0 aliphatic rings. The second-order valence-electron chi connectivity index (χ2n) is 4.22. The number of rotatable bonds is 5. The van der Waals surface area contributed by atoms with Crippen molar-refractivity contribution in [3.05, 3.63) is 33.8 Å². The Kier molecular flexibility index (Phi) is 4.64. The van der Waals surface area contributed by atoms with Crippen molar-refractivity contribution in [1.82, 2.24) is 4.98 Å². The first-order chi connectivity index (χ1) is 10.0. The van der Waals surface area contributed by atoms with E-state index in [9.17, 15) is 4.79 Å². The van der Waals surface area contributed by atoms with E-state index in [0.29, 0.717) is 17.2 Å². The molecule has 6 nitrogen and oxygen atoms in total. The van der Waals surface area contributed by atoms with E-state index in [0.717, 1.165) is 5.01 Å². The van der Waals surface area contributed by atoms with Crippen molar-refractivity contribution in [3.63, 3.8) is 0 Å². The van der Waals surface area contributed by atoms with Crippen molar-refractivity contribution in [2.75, 3.05) is 20.0 Å². The molecule has 21 heavy (non-hydrogen) atoms. The van der Waals surface area contributed by atoms with Crippen LogP contribution >= 0.6 is 11.3 Å². The number of carbonyl (C=O) groups is 1. The van der Waals surface area contributed by atoms with Crippen LogP contribution in [0, 0.1) is 6.92 Å². The third-order valence-corrected chi connectivity index (χ3v) is 3.63. The van der Waals surface area contributed by atoms with Gasteiger partial charge in [0.25, 0.3) is 0 Å². The van der Waals surface area contributed by atoms with E-state index in [4.69, 9.17) is 19.9 Å². The average Bonchev–Trinajstić information content (AvgIpc) is 2.90. The minimum atomic E-state index is -0.546. The lowest BCUT2D eigenvalue weighted by atomic mass is 10.1. The Morgan fingerprint density at radius 2 is 2.10 bits per heavy atom. The molecular formula is C14H16N2O4S. The molecule has 0 saturated carbocycles. The Morgan fingerprint density at radius 3 is 2.67 bits per heavy atom. The van der Waals surface area contributed by atoms with E-state index in [1.54, 1.807) is 6.07 Å². The maximum atomic E-state index is 12.1. The largest absolute Gasteiger partial charge is 0.497 e. The third kappa shape index (κ3) is 3.43. The third-order valence-electron chi connectivity index (χ3n) is 2.81. The second kappa shape index (κ2) is 6.45. The van der Waals surface area contributed by atoms with Crippen LogP contribution < -0.4 is 15.2 Å². The number of methoxy groups -OCH3 is 2. The maximum absolute atomic E-state index is 12.1. The molecule has 0 spiro atoms. The van der Waals surface area contributed by atoms with Crippen LogP contribution in [0.2, 0.25) is 0 Å². The SMILES string of the molecule is COc1cc(OC)c(N)c(C(=O)OCc2csc(C)n2)c1. The van der Waals surface area contributed by atoms with E-state index in [-0.39, 0.29) is 17.9 Å². The number of anilines is 1. The quantitative estimate of drug-likeness (QED) is 0.674. The van der Waals surface area contributed by atoms with Crippen molar-refractivity contribution >= 4 is 23.0 Å². The molecule has 0 aliphatic carbocycles. The number of nitrogens with zero attached hydrogens (tertiary/aromatic N) is 1. The number of carbonyl (C=O) groups excluding carboxylic acids is 1. The van der Waals surface area contributed by atoms with E-state index >= 15 is 0 Å². The zero-order valence-electron chi connectivity index (χ0n) is 12.0. The zero-order valence-corrected chi connectivity index (χ0v) is 12.8. The molecule has 0 radical (unpaired) electrons. The first-order valence-corrected chi connectivity index (χ1v) is 7.02. The molecule has 112 valence electrons. The van der Waals surface area contributed by atoms with Gasteiger partial charge in [-0.05, 0) is 13.0 Å². The topological polar surface area (TPSA) is 83.7 Å². The van der Waals surface area contributed by atoms with Crippen LogP contribution in [0.1, 0.15) is 21.1 Å². The fourth-order valence-corrected chi connectivity index (χ4v) is 2.35. The Balaban J connectivity index is 2.18. The van der Waals surface area contributed by atoms with Crippen LogP contribution in [0.4, 0.5) is 5.69 Å². The summed E-state index contributed by atoms with van der Waals surface area (Å²) in [6.45, 7) is 1.99. The van der Waals surface area contributed by atoms with Crippen molar-refractivity contribution in [1.29, 1.82) is 0 Å². The Bertz CT molecular complexity index is 654. The number of hydrogen-bond donors (Lipinski definition) is 1. The second-order valence-corrected chi connectivity index (χ2v) is 5.29. The van der Waals surface area contributed by atoms with Crippen LogP contribution in [0.3, 0.4) is 0 Å². The summed E-state index contributed by atoms with van der Waals surface area (Å²) in [7, 11) is 2.97. The fourth-order valence-electron chi connectivity index (χ4n) is 1.75. The first-order valence-electron chi connectivity index (χ1n) is 6.14. The van der Waals surface area contributed by atoms with Crippen LogP contribution in [0.25, 0.3) is 0 Å². The summed E-state index contributed by atoms with van der Waals surface area (Å²) in [6.07, 6.45) is 0. The minimum absolute atomic E-state index is 0.0993. The normalized spacial score (nSPS) is 10.2. The molecule has 0 fully saturated rings. The summed E-state index contributed by atoms with van der Waals surface area (Å²) >= 11 is 1.50. The predicted octanol–water partition coefficient (Wildman–Crippen LogP) is 2.41. The van der Waals surface area contributed by atoms with Gasteiger partial charge in [-0.25, -0.2) is 9.78 Å². The van der Waals surface area contributed by atoms with Gasteiger partial charge in [0, 0.05) is 11.4 Å². The van der Waals surface area contributed by atoms with Crippen molar-refractivity contribution in [2.45, 2.75) is 13.5 Å². The van der Waals surface area contributed by atoms with E-state index < -0.39 is 5.97 Å². The zero-order chi connectivity index (χ0) is 15.4. The van der Waals surface area contributed by atoms with Crippen LogP contribution in [0.5, 0.6) is 11.5 Å². The molecule has 0 amide bonds. The number of aryl methyl sites for hydroxylation is 1. The number of aromatic nitrogens is 1. The van der Waals surface area contributed by atoms with E-state index in [1.165, 1.54) is 31.6 Å². The highest BCUT2D eigenvalue weighted by atomic mass is 32.1. The molecule has 1 aromatic heterocycles. The predicted molar refractivity (Wildman–Crippen MR) is 79.9 cm³/mol. The molecule has 2 N–H and O–H groups in total. The summed E-state index contributed by atoms with van der Waals surface area (Å²) in [5.41, 5.74) is 7.03. The maximum Gasteiger partial charge on any atom is 0.340 e. The van der Waals surface area contributed by atoms with Gasteiger partial charge in [0.15, 0.2) is 0 Å². The lowest BCUT2D eigenvalue weighted by Crippen LogP contribution is -2.10. The highest BCUT2D eigenvalue weighted by Crippen LogP contribution is 2.31. The van der Waals surface area contributed by atoms with Gasteiger partial charge in [0.1, 0.15) is 18.1 Å². The van der Waals surface area contributed by atoms with Gasteiger partial charge in [-0.3, -0.25) is 0 Å². The van der Waals surface area contributed by atoms with Gasteiger partial charge < -0.3 is 19.9 Å². The summed E-state index contributed by atoms with van der Waals surface area (Å²) in [6, 6.07) is 3.13. The van der Waals surface area contributed by atoms with Crippen LogP contribution in [-0.2, 0) is 11.3 Å². The summed E-state index contributed by atoms with van der Waals surface area (Å²) in [5.74, 6) is 0.290. The molecular weight excluding hydrogens is 292 g/mol. The monoisotopic (exact) mass is 308 g/mol. The Hall–Kier alpha value is -2.28. The molecule has 7 heteroatoms. The van der Waals surface area contributed by atoms with Gasteiger partial charge in [-0.1, -0.05) is 0 Å². The number of ether oxygens (including phenoxy) is 3. The lowest BCUT2D eigenvalue weighted by molar-refractivity contribution is 0.0469. The van der Waals surface area contributed by atoms with Gasteiger partial charge in [0.05, 0.1) is 36.2 Å². The molecule has 0 unspecified atom stereocenters. The number of hydrogen-bond acceptors (Lipinski definition) is 7. The van der Waals surface area contributed by atoms with Gasteiger partial charge in [0.2, 0.25) is 0 Å². The standard InChI is InChI=1S/C14H16N2O4S/c1-8-16-9(7-21-8)6-20-14(17)11-4-10(18-2)5-12(19-3)13(11)15/h4-5,7H,6,15H2,1-3H3. The Labute approximate surface area is 126 Å². The molecule has 1 heterocycles. The average molecular weight is 308 g/mol. The molecule has 0 atom stereocenters. The highest BCUT2D eigenvalue weighted by molar-refractivity contribution is 7.09. The van der Waals surface area contributed by atoms with Gasteiger partial charge in [-0.15, -0.1) is 11.3 Å². The molecule has 0 bridgehead atoms. The summed E-state index contributed by atoms with van der Waals surface area (Å²) < 4.78 is 15.5. The van der Waals surface area contributed by atoms with E-state index in [2.05, 4.69) is 4.98 Å². The number of benzene rings is 1. The van der Waals surface area contributed by atoms with Crippen molar-refractivity contribution in [2.24, 2.45) is 0 Å². The van der Waals surface area contributed by atoms with Gasteiger partial charge in [-0.2, -0.15) is 0 Å². The number of thiazole rings is 1. The summed E-state index contributed by atoms with van der Waals surface area (Å²) in [5, 5.41) is 2.77. The smallest absolute Gasteiger partial charge is 0.340 e. The Morgan fingerprint density at radius 1 is 1.33 bits per heavy atom. The summed E-state index contributed by atoms with van der Waals surface area (Å²) in [4.78, 5) is 16.4. The first kappa shape index (κ1) is 15.1. The molecule has 2 rings (SSSR count). The molecule has 0 aliphatic heterocycles. The number of nitrogen functional groups attached to an aromatic ring is 1. The van der Waals surface area contributed by atoms with Crippen molar-refractivity contribution < 1.29 is 19.0 Å². The number of nitrogens with two attached hydrogens (primary N) is 1. The van der Waals surface area contributed by atoms with E-state index in [1.807, 2.05) is 12.3 Å². The van der Waals surface area contributed by atoms with Crippen molar-refractivity contribution in [3.8, 4) is 11.5 Å². The molecule has 2 aromatic rings. The lowest BCUT2D eigenvalue weighted by Gasteiger charge is -2.12. The molecule has 1 aromatic carbocycles. The fraction of sp³-hybridized carbons (Fsp3) is 0.286. The van der Waals surface area contributed by atoms with Crippen LogP contribution in [-0.4, -0.2) is 25.2 Å². The highest BCUT2D eigenvalue weighted by Gasteiger charge is 2.17. The minimum Gasteiger partial charge on any atom is -0.497 e. The van der Waals surface area contributed by atoms with Crippen LogP contribution in [0.15, 0.2) is 17.5 Å². The number of esters is 1. The molecule has 0 saturated heterocycles.